The molecule has 0 amide bonds. The average molecular weight is 258 g/mol. The van der Waals surface area contributed by atoms with Crippen LogP contribution < -0.4 is 5.32 Å². The van der Waals surface area contributed by atoms with E-state index in [1.54, 1.807) is 11.1 Å². The van der Waals surface area contributed by atoms with Crippen molar-refractivity contribution in [1.29, 1.82) is 0 Å². The zero-order valence-corrected chi connectivity index (χ0v) is 12.1. The first-order chi connectivity index (χ1) is 9.38. The van der Waals surface area contributed by atoms with Crippen LogP contribution in [-0.4, -0.2) is 24.0 Å². The van der Waals surface area contributed by atoms with Gasteiger partial charge in [-0.25, -0.2) is 0 Å². The van der Waals surface area contributed by atoms with Gasteiger partial charge in [-0.2, -0.15) is 0 Å². The van der Waals surface area contributed by atoms with Crippen LogP contribution in [0.25, 0.3) is 0 Å². The van der Waals surface area contributed by atoms with E-state index in [0.717, 1.165) is 19.1 Å². The Balaban J connectivity index is 1.73. The molecule has 1 aliphatic carbocycles. The molecule has 1 saturated carbocycles. The van der Waals surface area contributed by atoms with Gasteiger partial charge in [-0.05, 0) is 31.0 Å². The molecule has 0 aromatic heterocycles. The fraction of sp³-hybridized carbons (Fsp3) is 0.647. The lowest BCUT2D eigenvalue weighted by molar-refractivity contribution is 0.135. The number of nitrogens with one attached hydrogen (secondary N) is 1. The largest absolute Gasteiger partial charge is 0.315 e. The summed E-state index contributed by atoms with van der Waals surface area (Å²) in [5.41, 5.74) is 3.08. The predicted octanol–water partition coefficient (Wildman–Crippen LogP) is 3.31. The highest BCUT2D eigenvalue weighted by Crippen LogP contribution is 2.29. The molecule has 2 nitrogen and oxygen atoms in total. The van der Waals surface area contributed by atoms with E-state index >= 15 is 0 Å². The summed E-state index contributed by atoms with van der Waals surface area (Å²) in [5, 5.41) is 3.58. The standard InChI is InChI=1S/C17H26N2/c1-18-16-10-4-2-3-5-11-17(16)19-12-14-8-6-7-9-15(14)13-19/h6-9,16-18H,2-5,10-13H2,1H3. The summed E-state index contributed by atoms with van der Waals surface area (Å²) < 4.78 is 0. The Hall–Kier alpha value is -0.860. The molecule has 2 unspecified atom stereocenters. The molecule has 1 aromatic rings. The van der Waals surface area contributed by atoms with E-state index in [1.165, 1.54) is 38.5 Å². The smallest absolute Gasteiger partial charge is 0.0256 e. The van der Waals surface area contributed by atoms with E-state index in [9.17, 15) is 0 Å². The van der Waals surface area contributed by atoms with E-state index in [0.29, 0.717) is 6.04 Å². The van der Waals surface area contributed by atoms with E-state index < -0.39 is 0 Å². The molecule has 3 rings (SSSR count). The first-order valence-corrected chi connectivity index (χ1v) is 7.86. The minimum absolute atomic E-state index is 0.676. The number of rotatable bonds is 2. The highest BCUT2D eigenvalue weighted by atomic mass is 15.2. The van der Waals surface area contributed by atoms with Gasteiger partial charge in [-0.1, -0.05) is 49.9 Å². The number of hydrogen-bond acceptors (Lipinski definition) is 2. The normalized spacial score (nSPS) is 28.7. The van der Waals surface area contributed by atoms with Gasteiger partial charge < -0.3 is 5.32 Å². The van der Waals surface area contributed by atoms with E-state index in [2.05, 4.69) is 41.5 Å². The van der Waals surface area contributed by atoms with Crippen molar-refractivity contribution in [2.24, 2.45) is 0 Å². The summed E-state index contributed by atoms with van der Waals surface area (Å²) in [6, 6.07) is 10.3. The SMILES string of the molecule is CNC1CCCCCCC1N1Cc2ccccc2C1. The summed E-state index contributed by atoms with van der Waals surface area (Å²) in [7, 11) is 2.14. The van der Waals surface area contributed by atoms with Crippen molar-refractivity contribution in [1.82, 2.24) is 10.2 Å². The molecule has 1 heterocycles. The van der Waals surface area contributed by atoms with Crippen LogP contribution in [-0.2, 0) is 13.1 Å². The van der Waals surface area contributed by atoms with Crippen molar-refractivity contribution < 1.29 is 0 Å². The van der Waals surface area contributed by atoms with Crippen molar-refractivity contribution in [3.63, 3.8) is 0 Å². The Morgan fingerprint density at radius 2 is 1.58 bits per heavy atom. The molecule has 0 bridgehead atoms. The highest BCUT2D eigenvalue weighted by Gasteiger charge is 2.30. The van der Waals surface area contributed by atoms with Crippen molar-refractivity contribution in [2.75, 3.05) is 7.05 Å². The van der Waals surface area contributed by atoms with Crippen LogP contribution in [0, 0.1) is 0 Å². The Bertz CT molecular complexity index is 390. The number of hydrogen-bond donors (Lipinski definition) is 1. The lowest BCUT2D eigenvalue weighted by Gasteiger charge is -2.36. The van der Waals surface area contributed by atoms with Gasteiger partial charge in [0.2, 0.25) is 0 Å². The Morgan fingerprint density at radius 3 is 2.21 bits per heavy atom. The number of fused-ring (bicyclic) bond motifs is 1. The molecule has 2 atom stereocenters. The van der Waals surface area contributed by atoms with Gasteiger partial charge >= 0.3 is 0 Å². The second-order valence-corrected chi connectivity index (χ2v) is 6.13. The minimum Gasteiger partial charge on any atom is -0.315 e. The molecule has 0 spiro atoms. The van der Waals surface area contributed by atoms with Crippen LogP contribution in [0.2, 0.25) is 0 Å². The summed E-state index contributed by atoms with van der Waals surface area (Å²) in [6.07, 6.45) is 8.34. The van der Waals surface area contributed by atoms with Crippen LogP contribution in [0.5, 0.6) is 0 Å². The maximum absolute atomic E-state index is 3.58. The van der Waals surface area contributed by atoms with Crippen molar-refractivity contribution in [2.45, 2.75) is 63.7 Å². The zero-order chi connectivity index (χ0) is 13.1. The predicted molar refractivity (Wildman–Crippen MR) is 80.0 cm³/mol. The third-order valence-electron chi connectivity index (χ3n) is 4.93. The fourth-order valence-corrected chi connectivity index (χ4v) is 3.83. The molecule has 2 aliphatic rings. The fourth-order valence-electron chi connectivity index (χ4n) is 3.83. The van der Waals surface area contributed by atoms with Crippen molar-refractivity contribution in [3.8, 4) is 0 Å². The van der Waals surface area contributed by atoms with E-state index in [1.807, 2.05) is 0 Å². The van der Waals surface area contributed by atoms with Crippen molar-refractivity contribution >= 4 is 0 Å². The monoisotopic (exact) mass is 258 g/mol. The number of nitrogens with zero attached hydrogens (tertiary/aromatic N) is 1. The van der Waals surface area contributed by atoms with Crippen molar-refractivity contribution in [3.05, 3.63) is 35.4 Å². The van der Waals surface area contributed by atoms with Crippen LogP contribution in [0.3, 0.4) is 0 Å². The Kier molecular flexibility index (Phi) is 4.19. The lowest BCUT2D eigenvalue weighted by Crippen LogP contribution is -2.47. The molecule has 1 aromatic carbocycles. The van der Waals surface area contributed by atoms with Crippen LogP contribution in [0.4, 0.5) is 0 Å². The van der Waals surface area contributed by atoms with Gasteiger partial charge in [0.25, 0.3) is 0 Å². The molecule has 1 fully saturated rings. The quantitative estimate of drug-likeness (QED) is 0.875. The third kappa shape index (κ3) is 2.85. The number of likely N-dealkylation sites (N-methyl/N-ethyl adjacent to an activating group) is 1. The maximum Gasteiger partial charge on any atom is 0.0256 e. The van der Waals surface area contributed by atoms with Gasteiger partial charge in [0.05, 0.1) is 0 Å². The molecule has 0 radical (unpaired) electrons. The Morgan fingerprint density at radius 1 is 0.947 bits per heavy atom. The summed E-state index contributed by atoms with van der Waals surface area (Å²) in [5.74, 6) is 0. The average Bonchev–Trinajstić information content (AvgIpc) is 2.82. The van der Waals surface area contributed by atoms with E-state index in [-0.39, 0.29) is 0 Å². The summed E-state index contributed by atoms with van der Waals surface area (Å²) in [4.78, 5) is 2.71. The highest BCUT2D eigenvalue weighted by molar-refractivity contribution is 5.30. The molecule has 1 aliphatic heterocycles. The van der Waals surface area contributed by atoms with Crippen LogP contribution >= 0.6 is 0 Å². The van der Waals surface area contributed by atoms with E-state index in [4.69, 9.17) is 0 Å². The summed E-state index contributed by atoms with van der Waals surface area (Å²) >= 11 is 0. The zero-order valence-electron chi connectivity index (χ0n) is 12.1. The lowest BCUT2D eigenvalue weighted by atomic mass is 9.91. The molecule has 19 heavy (non-hydrogen) atoms. The molecular weight excluding hydrogens is 232 g/mol. The second-order valence-electron chi connectivity index (χ2n) is 6.13. The third-order valence-corrected chi connectivity index (χ3v) is 4.93. The van der Waals surface area contributed by atoms with Crippen LogP contribution in [0.1, 0.15) is 49.7 Å². The Labute approximate surface area is 117 Å². The van der Waals surface area contributed by atoms with Crippen LogP contribution in [0.15, 0.2) is 24.3 Å². The number of benzene rings is 1. The van der Waals surface area contributed by atoms with Gasteiger partial charge in [0, 0.05) is 25.2 Å². The first kappa shape index (κ1) is 13.1. The van der Waals surface area contributed by atoms with Gasteiger partial charge in [0.1, 0.15) is 0 Å². The topological polar surface area (TPSA) is 15.3 Å². The first-order valence-electron chi connectivity index (χ1n) is 7.86. The molecule has 0 saturated heterocycles. The van der Waals surface area contributed by atoms with Gasteiger partial charge in [-0.15, -0.1) is 0 Å². The molecule has 1 N–H and O–H groups in total. The van der Waals surface area contributed by atoms with Gasteiger partial charge in [-0.3, -0.25) is 4.90 Å². The molecule has 104 valence electrons. The molecule has 2 heteroatoms. The maximum atomic E-state index is 3.58. The second kappa shape index (κ2) is 6.06. The summed E-state index contributed by atoms with van der Waals surface area (Å²) in [6.45, 7) is 2.30. The molecular formula is C17H26N2. The van der Waals surface area contributed by atoms with Gasteiger partial charge in [0.15, 0.2) is 0 Å². The minimum atomic E-state index is 0.676.